The van der Waals surface area contributed by atoms with Gasteiger partial charge < -0.3 is 18.6 Å². The predicted molar refractivity (Wildman–Crippen MR) is 305 cm³/mol. The SMILES string of the molecule is CC1(C)c2ccccc2-c2c(N(c3cccc(N(c4cccc5c4-c4ccccc4C5(c4ccccc4)c4ccccc4)c4cccc5oc6ccccc6c45)c3)c3ccc4c(c3)oc3ccccc34)cccc21. The van der Waals surface area contributed by atoms with Crippen LogP contribution in [0.3, 0.4) is 0 Å². The zero-order valence-corrected chi connectivity index (χ0v) is 41.0. The molecule has 0 radical (unpaired) electrons. The predicted octanol–water partition coefficient (Wildman–Crippen LogP) is 19.1. The summed E-state index contributed by atoms with van der Waals surface area (Å²) < 4.78 is 13.3. The molecule has 2 aromatic heterocycles. The molecule has 0 N–H and O–H groups in total. The quantitative estimate of drug-likeness (QED) is 0.152. The standard InChI is InChI=1S/C70H48N2O2/c1-69(2)55-31-13-9-28-52(55)66-57(69)33-18-35-59(66)71(49-41-42-51-50-27-11-15-38-62(50)74-65(51)44-49)47-25-17-26-48(43-47)72(61-37-20-40-64-68(61)54-30-12-16-39-63(54)73-64)60-36-19-34-58-67(60)53-29-10-14-32-56(53)70(58,45-21-5-3-6-22-45)46-23-7-4-8-24-46/h3-44H,1-2H3. The molecular weight excluding hydrogens is 901 g/mol. The lowest BCUT2D eigenvalue weighted by molar-refractivity contribution is 0.660. The molecule has 2 aliphatic carbocycles. The first-order valence-electron chi connectivity index (χ1n) is 25.6. The number of furan rings is 2. The molecule has 11 aromatic carbocycles. The zero-order valence-electron chi connectivity index (χ0n) is 41.0. The van der Waals surface area contributed by atoms with Gasteiger partial charge in [-0.3, -0.25) is 0 Å². The second-order valence-corrected chi connectivity index (χ2v) is 20.3. The molecule has 0 saturated heterocycles. The lowest BCUT2D eigenvalue weighted by Gasteiger charge is -2.34. The molecular formula is C70H48N2O2. The van der Waals surface area contributed by atoms with Crippen LogP contribution in [0.25, 0.3) is 66.1 Å². The van der Waals surface area contributed by atoms with Crippen molar-refractivity contribution in [3.63, 3.8) is 0 Å². The monoisotopic (exact) mass is 948 g/mol. The van der Waals surface area contributed by atoms with Crippen molar-refractivity contribution in [1.29, 1.82) is 0 Å². The van der Waals surface area contributed by atoms with Crippen molar-refractivity contribution in [3.05, 3.63) is 288 Å². The molecule has 0 bridgehead atoms. The van der Waals surface area contributed by atoms with E-state index in [1.54, 1.807) is 0 Å². The van der Waals surface area contributed by atoms with Crippen LogP contribution in [0.15, 0.2) is 264 Å². The van der Waals surface area contributed by atoms with Crippen molar-refractivity contribution < 1.29 is 8.83 Å². The first kappa shape index (κ1) is 42.3. The fourth-order valence-electron chi connectivity index (χ4n) is 13.0. The van der Waals surface area contributed by atoms with E-state index in [1.165, 1.54) is 55.6 Å². The van der Waals surface area contributed by atoms with Crippen molar-refractivity contribution in [2.45, 2.75) is 24.7 Å². The summed E-state index contributed by atoms with van der Waals surface area (Å²) in [5.41, 5.74) is 21.3. The van der Waals surface area contributed by atoms with Crippen LogP contribution in [-0.2, 0) is 10.8 Å². The number of hydrogen-bond donors (Lipinski definition) is 0. The van der Waals surface area contributed by atoms with Gasteiger partial charge in [0.05, 0.1) is 27.9 Å². The van der Waals surface area contributed by atoms with Gasteiger partial charge in [-0.1, -0.05) is 196 Å². The highest BCUT2D eigenvalue weighted by molar-refractivity contribution is 6.14. The van der Waals surface area contributed by atoms with Crippen LogP contribution in [-0.4, -0.2) is 0 Å². The van der Waals surface area contributed by atoms with Crippen LogP contribution >= 0.6 is 0 Å². The average molecular weight is 949 g/mol. The van der Waals surface area contributed by atoms with Crippen LogP contribution < -0.4 is 9.80 Å². The fraction of sp³-hybridized carbons (Fsp3) is 0.0571. The zero-order chi connectivity index (χ0) is 49.1. The number of para-hydroxylation sites is 2. The van der Waals surface area contributed by atoms with E-state index < -0.39 is 5.41 Å². The normalized spacial score (nSPS) is 13.8. The van der Waals surface area contributed by atoms with Gasteiger partial charge in [-0.25, -0.2) is 0 Å². The summed E-state index contributed by atoms with van der Waals surface area (Å²) in [7, 11) is 0. The van der Waals surface area contributed by atoms with Gasteiger partial charge in [0.1, 0.15) is 22.3 Å². The Kier molecular flexibility index (Phi) is 9.19. The molecule has 2 aliphatic rings. The summed E-state index contributed by atoms with van der Waals surface area (Å²) in [5.74, 6) is 0. The Balaban J connectivity index is 1.02. The molecule has 0 aliphatic heterocycles. The Labute approximate surface area is 429 Å². The van der Waals surface area contributed by atoms with Crippen LogP contribution in [0.4, 0.5) is 34.1 Å². The molecule has 0 fully saturated rings. The maximum absolute atomic E-state index is 6.69. The minimum absolute atomic E-state index is 0.195. The molecule has 0 saturated carbocycles. The number of anilines is 6. The molecule has 4 nitrogen and oxygen atoms in total. The molecule has 350 valence electrons. The van der Waals surface area contributed by atoms with E-state index in [0.29, 0.717) is 0 Å². The smallest absolute Gasteiger partial charge is 0.137 e. The van der Waals surface area contributed by atoms with E-state index in [4.69, 9.17) is 8.83 Å². The number of hydrogen-bond acceptors (Lipinski definition) is 4. The van der Waals surface area contributed by atoms with Gasteiger partial charge in [0.25, 0.3) is 0 Å². The first-order valence-corrected chi connectivity index (χ1v) is 25.6. The van der Waals surface area contributed by atoms with Gasteiger partial charge in [-0.15, -0.1) is 0 Å². The Bertz CT molecular complexity index is 4330. The van der Waals surface area contributed by atoms with Crippen molar-refractivity contribution >= 4 is 78.0 Å². The largest absolute Gasteiger partial charge is 0.456 e. The number of fused-ring (bicyclic) bond motifs is 12. The van der Waals surface area contributed by atoms with Gasteiger partial charge in [-0.05, 0) is 111 Å². The van der Waals surface area contributed by atoms with Gasteiger partial charge in [-0.2, -0.15) is 0 Å². The van der Waals surface area contributed by atoms with E-state index >= 15 is 0 Å². The average Bonchev–Trinajstić information content (AvgIpc) is 4.18. The van der Waals surface area contributed by atoms with Gasteiger partial charge in [0.2, 0.25) is 0 Å². The molecule has 0 spiro atoms. The Morgan fingerprint density at radius 2 is 0.784 bits per heavy atom. The van der Waals surface area contributed by atoms with Crippen LogP contribution in [0.5, 0.6) is 0 Å². The van der Waals surface area contributed by atoms with Crippen LogP contribution in [0.2, 0.25) is 0 Å². The summed E-state index contributed by atoms with van der Waals surface area (Å²) in [4.78, 5) is 4.93. The summed E-state index contributed by atoms with van der Waals surface area (Å²) in [6.07, 6.45) is 0. The van der Waals surface area contributed by atoms with E-state index in [-0.39, 0.29) is 5.41 Å². The topological polar surface area (TPSA) is 32.8 Å². The van der Waals surface area contributed by atoms with E-state index in [1.807, 2.05) is 6.07 Å². The van der Waals surface area contributed by atoms with Crippen molar-refractivity contribution in [3.8, 4) is 22.3 Å². The third-order valence-electron chi connectivity index (χ3n) is 16.1. The maximum Gasteiger partial charge on any atom is 0.137 e. The lowest BCUT2D eigenvalue weighted by Crippen LogP contribution is -2.28. The highest BCUT2D eigenvalue weighted by Crippen LogP contribution is 2.61. The molecule has 0 unspecified atom stereocenters. The third-order valence-corrected chi connectivity index (χ3v) is 16.1. The summed E-state index contributed by atoms with van der Waals surface area (Å²) in [6, 6.07) is 92.9. The molecule has 13 aromatic rings. The van der Waals surface area contributed by atoms with Crippen molar-refractivity contribution in [2.24, 2.45) is 0 Å². The first-order chi connectivity index (χ1) is 36.5. The van der Waals surface area contributed by atoms with Crippen LogP contribution in [0.1, 0.15) is 47.2 Å². The van der Waals surface area contributed by atoms with E-state index in [0.717, 1.165) is 78.0 Å². The van der Waals surface area contributed by atoms with Gasteiger partial charge >= 0.3 is 0 Å². The maximum atomic E-state index is 6.69. The minimum atomic E-state index is -0.587. The van der Waals surface area contributed by atoms with Gasteiger partial charge in [0, 0.05) is 55.8 Å². The summed E-state index contributed by atoms with van der Waals surface area (Å²) in [6.45, 7) is 4.71. The fourth-order valence-corrected chi connectivity index (χ4v) is 13.0. The third kappa shape index (κ3) is 5.97. The Morgan fingerprint density at radius 1 is 0.311 bits per heavy atom. The number of nitrogens with zero attached hydrogens (tertiary/aromatic N) is 2. The molecule has 74 heavy (non-hydrogen) atoms. The lowest BCUT2D eigenvalue weighted by atomic mass is 9.68. The van der Waals surface area contributed by atoms with Gasteiger partial charge in [0.15, 0.2) is 0 Å². The van der Waals surface area contributed by atoms with E-state index in [9.17, 15) is 0 Å². The summed E-state index contributed by atoms with van der Waals surface area (Å²) >= 11 is 0. The van der Waals surface area contributed by atoms with E-state index in [2.05, 4.69) is 272 Å². The highest BCUT2D eigenvalue weighted by atomic mass is 16.3. The van der Waals surface area contributed by atoms with Crippen molar-refractivity contribution in [2.75, 3.05) is 9.80 Å². The number of benzene rings is 11. The summed E-state index contributed by atoms with van der Waals surface area (Å²) in [5, 5.41) is 4.32. The second-order valence-electron chi connectivity index (χ2n) is 20.3. The molecule has 0 amide bonds. The molecule has 2 heterocycles. The minimum Gasteiger partial charge on any atom is -0.456 e. The van der Waals surface area contributed by atoms with Crippen molar-refractivity contribution in [1.82, 2.24) is 0 Å². The van der Waals surface area contributed by atoms with Crippen LogP contribution in [0, 0.1) is 0 Å². The Hall–Kier alpha value is -9.38. The Morgan fingerprint density at radius 3 is 1.53 bits per heavy atom. The molecule has 0 atom stereocenters. The molecule has 15 rings (SSSR count). The highest BCUT2D eigenvalue weighted by Gasteiger charge is 2.47. The molecule has 4 heteroatoms. The number of rotatable bonds is 8. The second kappa shape index (κ2) is 16.1.